The number of carbonyl (C=O) groups is 1. The Morgan fingerprint density at radius 1 is 1.32 bits per heavy atom. The fourth-order valence-electron chi connectivity index (χ4n) is 2.06. The molecule has 1 nitrogen and oxygen atoms in total. The molecule has 1 rings (SSSR count). The van der Waals surface area contributed by atoms with Crippen molar-refractivity contribution in [3.8, 4) is 0 Å². The van der Waals surface area contributed by atoms with E-state index in [0.29, 0.717) is 0 Å². The molecule has 1 aromatic carbocycles. The molecule has 0 amide bonds. The molecule has 19 heavy (non-hydrogen) atoms. The lowest BCUT2D eigenvalue weighted by atomic mass is 9.90. The molecule has 1 atom stereocenters. The Balaban J connectivity index is 3.14. The number of allylic oxidation sites excluding steroid dienone is 4. The SMILES string of the molecule is CC(C)=CCC(/C=C(\C)C=O)c1ccc(Cl)cc1C. The van der Waals surface area contributed by atoms with Crippen LogP contribution in [0.5, 0.6) is 0 Å². The van der Waals surface area contributed by atoms with E-state index >= 15 is 0 Å². The maximum absolute atomic E-state index is 10.8. The Morgan fingerprint density at radius 3 is 2.53 bits per heavy atom. The fraction of sp³-hybridized carbons (Fsp3) is 0.353. The smallest absolute Gasteiger partial charge is 0.145 e. The summed E-state index contributed by atoms with van der Waals surface area (Å²) in [5.74, 6) is 0.220. The Labute approximate surface area is 121 Å². The molecule has 0 saturated heterocycles. The topological polar surface area (TPSA) is 17.1 Å². The van der Waals surface area contributed by atoms with Gasteiger partial charge < -0.3 is 0 Å². The standard InChI is InChI=1S/C17H21ClO/c1-12(2)5-6-15(9-13(3)11-19)17-8-7-16(18)10-14(17)4/h5,7-11,15H,6H2,1-4H3/b13-9+. The zero-order chi connectivity index (χ0) is 14.4. The van der Waals surface area contributed by atoms with Gasteiger partial charge in [0.05, 0.1) is 0 Å². The van der Waals surface area contributed by atoms with Gasteiger partial charge in [-0.1, -0.05) is 35.4 Å². The Kier molecular flexibility index (Phi) is 6.04. The molecular weight excluding hydrogens is 256 g/mol. The second-order valence-corrected chi connectivity index (χ2v) is 5.59. The molecule has 0 aliphatic rings. The van der Waals surface area contributed by atoms with Gasteiger partial charge in [0.25, 0.3) is 0 Å². The van der Waals surface area contributed by atoms with Gasteiger partial charge in [0, 0.05) is 10.9 Å². The van der Waals surface area contributed by atoms with Crippen LogP contribution in [0.1, 0.15) is 44.2 Å². The van der Waals surface area contributed by atoms with Gasteiger partial charge in [0.15, 0.2) is 0 Å². The van der Waals surface area contributed by atoms with Crippen molar-refractivity contribution in [2.75, 3.05) is 0 Å². The third kappa shape index (κ3) is 5.04. The minimum absolute atomic E-state index is 0.220. The van der Waals surface area contributed by atoms with Crippen molar-refractivity contribution in [2.24, 2.45) is 0 Å². The monoisotopic (exact) mass is 276 g/mol. The van der Waals surface area contributed by atoms with E-state index in [1.54, 1.807) is 0 Å². The van der Waals surface area contributed by atoms with Crippen LogP contribution in [0.2, 0.25) is 5.02 Å². The quantitative estimate of drug-likeness (QED) is 0.409. The highest BCUT2D eigenvalue weighted by atomic mass is 35.5. The van der Waals surface area contributed by atoms with Crippen molar-refractivity contribution in [3.63, 3.8) is 0 Å². The van der Waals surface area contributed by atoms with E-state index in [-0.39, 0.29) is 5.92 Å². The first-order chi connectivity index (χ1) is 8.93. The van der Waals surface area contributed by atoms with Crippen LogP contribution in [-0.4, -0.2) is 6.29 Å². The van der Waals surface area contributed by atoms with E-state index in [1.807, 2.05) is 25.1 Å². The molecule has 2 heteroatoms. The van der Waals surface area contributed by atoms with E-state index in [2.05, 4.69) is 32.9 Å². The van der Waals surface area contributed by atoms with Crippen LogP contribution in [0, 0.1) is 6.92 Å². The number of rotatable bonds is 5. The van der Waals surface area contributed by atoms with Crippen LogP contribution in [0.4, 0.5) is 0 Å². The maximum Gasteiger partial charge on any atom is 0.145 e. The van der Waals surface area contributed by atoms with Gasteiger partial charge in [-0.15, -0.1) is 0 Å². The second kappa shape index (κ2) is 7.30. The molecule has 0 bridgehead atoms. The number of hydrogen-bond acceptors (Lipinski definition) is 1. The average Bonchev–Trinajstić information content (AvgIpc) is 2.34. The number of halogens is 1. The fourth-order valence-corrected chi connectivity index (χ4v) is 2.29. The molecule has 102 valence electrons. The molecule has 0 heterocycles. The van der Waals surface area contributed by atoms with Crippen molar-refractivity contribution >= 4 is 17.9 Å². The van der Waals surface area contributed by atoms with Gasteiger partial charge in [-0.05, 0) is 62.9 Å². The predicted octanol–water partition coefficient (Wildman–Crippen LogP) is 5.23. The lowest BCUT2D eigenvalue weighted by molar-refractivity contribution is -0.104. The van der Waals surface area contributed by atoms with Crippen molar-refractivity contribution < 1.29 is 4.79 Å². The first-order valence-electron chi connectivity index (χ1n) is 6.47. The number of benzene rings is 1. The van der Waals surface area contributed by atoms with Crippen molar-refractivity contribution in [2.45, 2.75) is 40.0 Å². The summed E-state index contributed by atoms with van der Waals surface area (Å²) in [4.78, 5) is 10.8. The average molecular weight is 277 g/mol. The third-order valence-electron chi connectivity index (χ3n) is 3.06. The number of hydrogen-bond donors (Lipinski definition) is 0. The molecule has 0 spiro atoms. The molecular formula is C17H21ClO. The van der Waals surface area contributed by atoms with E-state index < -0.39 is 0 Å². The van der Waals surface area contributed by atoms with Crippen molar-refractivity contribution in [3.05, 3.63) is 57.6 Å². The maximum atomic E-state index is 10.8. The highest BCUT2D eigenvalue weighted by Gasteiger charge is 2.11. The van der Waals surface area contributed by atoms with Crippen molar-refractivity contribution in [1.29, 1.82) is 0 Å². The van der Waals surface area contributed by atoms with E-state index in [1.165, 1.54) is 11.1 Å². The molecule has 0 saturated carbocycles. The van der Waals surface area contributed by atoms with Gasteiger partial charge >= 0.3 is 0 Å². The molecule has 0 N–H and O–H groups in total. The molecule has 0 aliphatic heterocycles. The summed E-state index contributed by atoms with van der Waals surface area (Å²) in [5.41, 5.74) is 4.44. The number of aldehydes is 1. The van der Waals surface area contributed by atoms with Gasteiger partial charge in [0.2, 0.25) is 0 Å². The summed E-state index contributed by atoms with van der Waals surface area (Å²) in [6, 6.07) is 5.93. The Morgan fingerprint density at radius 2 is 2.00 bits per heavy atom. The largest absolute Gasteiger partial charge is 0.298 e. The van der Waals surface area contributed by atoms with Crippen LogP contribution >= 0.6 is 11.6 Å². The Bertz CT molecular complexity index is 508. The summed E-state index contributed by atoms with van der Waals surface area (Å²) in [7, 11) is 0. The van der Waals surface area contributed by atoms with E-state index in [4.69, 9.17) is 11.6 Å². The molecule has 1 unspecified atom stereocenters. The minimum Gasteiger partial charge on any atom is -0.298 e. The zero-order valence-corrected chi connectivity index (χ0v) is 12.8. The van der Waals surface area contributed by atoms with Crippen molar-refractivity contribution in [1.82, 2.24) is 0 Å². The van der Waals surface area contributed by atoms with Crippen LogP contribution in [0.15, 0.2) is 41.5 Å². The van der Waals surface area contributed by atoms with Crippen LogP contribution in [-0.2, 0) is 4.79 Å². The molecule has 0 radical (unpaired) electrons. The first-order valence-corrected chi connectivity index (χ1v) is 6.85. The zero-order valence-electron chi connectivity index (χ0n) is 12.0. The normalized spacial score (nSPS) is 13.0. The Hall–Kier alpha value is -1.34. The molecule has 0 aliphatic carbocycles. The van der Waals surface area contributed by atoms with E-state index in [9.17, 15) is 4.79 Å². The second-order valence-electron chi connectivity index (χ2n) is 5.15. The number of carbonyl (C=O) groups excluding carboxylic acids is 1. The van der Waals surface area contributed by atoms with Crippen LogP contribution in [0.3, 0.4) is 0 Å². The highest BCUT2D eigenvalue weighted by Crippen LogP contribution is 2.28. The molecule has 0 aromatic heterocycles. The summed E-state index contributed by atoms with van der Waals surface area (Å²) in [6.07, 6.45) is 6.03. The van der Waals surface area contributed by atoms with Crippen LogP contribution < -0.4 is 0 Å². The number of aryl methyl sites for hydroxylation is 1. The van der Waals surface area contributed by atoms with Gasteiger partial charge in [-0.2, -0.15) is 0 Å². The summed E-state index contributed by atoms with van der Waals surface area (Å²) >= 11 is 6.00. The minimum atomic E-state index is 0.220. The van der Waals surface area contributed by atoms with Crippen LogP contribution in [0.25, 0.3) is 0 Å². The van der Waals surface area contributed by atoms with Gasteiger partial charge in [-0.25, -0.2) is 0 Å². The molecule has 0 fully saturated rings. The lowest BCUT2D eigenvalue weighted by Crippen LogP contribution is -1.99. The highest BCUT2D eigenvalue weighted by molar-refractivity contribution is 6.30. The van der Waals surface area contributed by atoms with Gasteiger partial charge in [0.1, 0.15) is 6.29 Å². The summed E-state index contributed by atoms with van der Waals surface area (Å²) in [6.45, 7) is 8.07. The summed E-state index contributed by atoms with van der Waals surface area (Å²) in [5, 5.41) is 0.748. The van der Waals surface area contributed by atoms with E-state index in [0.717, 1.165) is 28.9 Å². The molecule has 1 aromatic rings. The predicted molar refractivity (Wildman–Crippen MR) is 82.8 cm³/mol. The third-order valence-corrected chi connectivity index (χ3v) is 3.30. The first kappa shape index (κ1) is 15.7. The lowest BCUT2D eigenvalue weighted by Gasteiger charge is -2.15. The summed E-state index contributed by atoms with van der Waals surface area (Å²) < 4.78 is 0. The van der Waals surface area contributed by atoms with Gasteiger partial charge in [-0.3, -0.25) is 4.79 Å².